The van der Waals surface area contributed by atoms with Gasteiger partial charge in [0, 0.05) is 62.8 Å². The number of phenolic OH excluding ortho intramolecular Hbond substituents is 1. The van der Waals surface area contributed by atoms with E-state index in [0.29, 0.717) is 49.0 Å². The summed E-state index contributed by atoms with van der Waals surface area (Å²) in [4.78, 5) is 29.8. The van der Waals surface area contributed by atoms with Gasteiger partial charge < -0.3 is 25.5 Å². The Kier molecular flexibility index (Phi) is 5.87. The van der Waals surface area contributed by atoms with Crippen molar-refractivity contribution in [3.8, 4) is 5.75 Å². The van der Waals surface area contributed by atoms with Crippen LogP contribution in [0.15, 0.2) is 30.3 Å². The van der Waals surface area contributed by atoms with Gasteiger partial charge in [0.2, 0.25) is 0 Å². The van der Waals surface area contributed by atoms with E-state index in [1.165, 1.54) is 0 Å². The number of aromatic amines is 1. The molecule has 2 aliphatic heterocycles. The zero-order valence-corrected chi connectivity index (χ0v) is 19.5. The number of phenols is 1. The van der Waals surface area contributed by atoms with E-state index in [2.05, 4.69) is 34.7 Å². The van der Waals surface area contributed by atoms with Crippen molar-refractivity contribution in [2.75, 3.05) is 38.0 Å². The number of carbonyl (C=O) groups is 2. The molecule has 0 aliphatic carbocycles. The first-order valence-electron chi connectivity index (χ1n) is 11.8. The molecule has 9 nitrogen and oxygen atoms in total. The van der Waals surface area contributed by atoms with Crippen molar-refractivity contribution < 1.29 is 14.7 Å². The molecule has 0 bridgehead atoms. The molecule has 0 radical (unpaired) electrons. The summed E-state index contributed by atoms with van der Waals surface area (Å²) in [6.07, 6.45) is 0. The number of nitrogens with one attached hydrogen (secondary N) is 3. The van der Waals surface area contributed by atoms with Gasteiger partial charge in [0.05, 0.1) is 11.1 Å². The minimum absolute atomic E-state index is 0.0264. The molecule has 5 rings (SSSR count). The fourth-order valence-electron chi connectivity index (χ4n) is 4.55. The number of fused-ring (bicyclic) bond motifs is 2. The second-order valence-electron chi connectivity index (χ2n) is 9.45. The largest absolute Gasteiger partial charge is 0.507 e. The van der Waals surface area contributed by atoms with E-state index >= 15 is 0 Å². The quantitative estimate of drug-likeness (QED) is 0.463. The van der Waals surface area contributed by atoms with Crippen LogP contribution in [-0.4, -0.2) is 69.6 Å². The summed E-state index contributed by atoms with van der Waals surface area (Å²) in [6.45, 7) is 8.81. The van der Waals surface area contributed by atoms with E-state index in [0.717, 1.165) is 36.1 Å². The van der Waals surface area contributed by atoms with Crippen LogP contribution in [0.1, 0.15) is 45.7 Å². The highest BCUT2D eigenvalue weighted by Crippen LogP contribution is 2.32. The number of piperazine rings is 1. The van der Waals surface area contributed by atoms with Gasteiger partial charge in [0.15, 0.2) is 5.82 Å². The molecule has 2 aromatic carbocycles. The fourth-order valence-corrected chi connectivity index (χ4v) is 4.55. The van der Waals surface area contributed by atoms with E-state index in [4.69, 9.17) is 0 Å². The van der Waals surface area contributed by atoms with E-state index in [9.17, 15) is 14.7 Å². The number of aromatic nitrogens is 2. The van der Waals surface area contributed by atoms with Crippen molar-refractivity contribution in [1.29, 1.82) is 0 Å². The number of amides is 2. The second-order valence-corrected chi connectivity index (χ2v) is 9.45. The summed E-state index contributed by atoms with van der Waals surface area (Å²) in [7, 11) is 0. The lowest BCUT2D eigenvalue weighted by atomic mass is 10.1. The first-order chi connectivity index (χ1) is 16.4. The van der Waals surface area contributed by atoms with Gasteiger partial charge in [-0.3, -0.25) is 14.7 Å². The summed E-state index contributed by atoms with van der Waals surface area (Å²) < 4.78 is 0. The molecule has 1 aromatic heterocycles. The second kappa shape index (κ2) is 8.98. The monoisotopic (exact) mass is 462 g/mol. The van der Waals surface area contributed by atoms with Crippen LogP contribution in [0, 0.1) is 5.92 Å². The lowest BCUT2D eigenvalue weighted by Gasteiger charge is -2.27. The maximum Gasteiger partial charge on any atom is 0.258 e. The van der Waals surface area contributed by atoms with Gasteiger partial charge in [-0.2, -0.15) is 5.10 Å². The highest BCUT2D eigenvalue weighted by molar-refractivity contribution is 6.03. The van der Waals surface area contributed by atoms with Crippen LogP contribution in [0.3, 0.4) is 0 Å². The minimum atomic E-state index is -0.249. The topological polar surface area (TPSA) is 114 Å². The van der Waals surface area contributed by atoms with Crippen LogP contribution in [0.2, 0.25) is 0 Å². The molecule has 34 heavy (non-hydrogen) atoms. The molecule has 0 unspecified atom stereocenters. The number of carbonyl (C=O) groups excluding carboxylic acids is 2. The average molecular weight is 463 g/mol. The van der Waals surface area contributed by atoms with Gasteiger partial charge in [0.1, 0.15) is 5.75 Å². The normalized spacial score (nSPS) is 15.7. The maximum absolute atomic E-state index is 13.4. The number of aromatic hydroxyl groups is 1. The third kappa shape index (κ3) is 4.19. The smallest absolute Gasteiger partial charge is 0.258 e. The van der Waals surface area contributed by atoms with Crippen LogP contribution in [0.4, 0.5) is 5.82 Å². The summed E-state index contributed by atoms with van der Waals surface area (Å²) in [5.41, 5.74) is 3.55. The van der Waals surface area contributed by atoms with Crippen molar-refractivity contribution in [2.24, 2.45) is 5.92 Å². The molecule has 4 N–H and O–H groups in total. The molecule has 2 amide bonds. The van der Waals surface area contributed by atoms with E-state index < -0.39 is 0 Å². The van der Waals surface area contributed by atoms with Crippen molar-refractivity contribution in [3.63, 3.8) is 0 Å². The molecular formula is C25H30N6O3. The molecule has 1 fully saturated rings. The zero-order valence-electron chi connectivity index (χ0n) is 19.5. The Labute approximate surface area is 198 Å². The van der Waals surface area contributed by atoms with Crippen LogP contribution in [-0.2, 0) is 13.1 Å². The standard InChI is InChI=1S/C25H30N6O3/c1-15(2)12-27-23-19-10-20(22(32)11-21(19)28-29-23)25(34)31-13-17-4-3-16(9-18(17)14-31)24(33)30-7-5-26-6-8-30/h3-4,9-11,15,26,32H,5-8,12-14H2,1-2H3,(H2,27,28,29). The summed E-state index contributed by atoms with van der Waals surface area (Å²) >= 11 is 0. The zero-order chi connectivity index (χ0) is 23.8. The number of H-pyrrole nitrogens is 1. The lowest BCUT2D eigenvalue weighted by Crippen LogP contribution is -2.46. The van der Waals surface area contributed by atoms with Crippen molar-refractivity contribution in [2.45, 2.75) is 26.9 Å². The van der Waals surface area contributed by atoms with E-state index in [1.54, 1.807) is 17.0 Å². The number of rotatable bonds is 5. The lowest BCUT2D eigenvalue weighted by molar-refractivity contribution is 0.0734. The van der Waals surface area contributed by atoms with Crippen LogP contribution in [0.25, 0.3) is 10.9 Å². The van der Waals surface area contributed by atoms with Gasteiger partial charge in [-0.1, -0.05) is 19.9 Å². The maximum atomic E-state index is 13.4. The summed E-state index contributed by atoms with van der Waals surface area (Å²) in [5, 5.41) is 25.1. The molecule has 9 heteroatoms. The number of nitrogens with zero attached hydrogens (tertiary/aromatic N) is 3. The highest BCUT2D eigenvalue weighted by atomic mass is 16.3. The number of anilines is 1. The van der Waals surface area contributed by atoms with Crippen molar-refractivity contribution in [3.05, 3.63) is 52.6 Å². The van der Waals surface area contributed by atoms with Gasteiger partial charge >= 0.3 is 0 Å². The number of hydrogen-bond donors (Lipinski definition) is 4. The first kappa shape index (κ1) is 22.2. The average Bonchev–Trinajstić information content (AvgIpc) is 3.45. The highest BCUT2D eigenvalue weighted by Gasteiger charge is 2.28. The molecule has 0 saturated carbocycles. The van der Waals surface area contributed by atoms with Gasteiger partial charge in [0.25, 0.3) is 11.8 Å². The van der Waals surface area contributed by atoms with E-state index in [1.807, 2.05) is 23.1 Å². The van der Waals surface area contributed by atoms with Crippen LogP contribution >= 0.6 is 0 Å². The third-order valence-electron chi connectivity index (χ3n) is 6.45. The Morgan fingerprint density at radius 3 is 2.59 bits per heavy atom. The Hall–Kier alpha value is -3.59. The molecule has 0 atom stereocenters. The number of hydrogen-bond acceptors (Lipinski definition) is 6. The third-order valence-corrected chi connectivity index (χ3v) is 6.45. The molecule has 3 aromatic rings. The molecule has 2 aliphatic rings. The predicted octanol–water partition coefficient (Wildman–Crippen LogP) is 2.54. The first-order valence-corrected chi connectivity index (χ1v) is 11.8. The van der Waals surface area contributed by atoms with Crippen molar-refractivity contribution in [1.82, 2.24) is 25.3 Å². The van der Waals surface area contributed by atoms with Crippen LogP contribution in [0.5, 0.6) is 5.75 Å². The Balaban J connectivity index is 1.35. The predicted molar refractivity (Wildman–Crippen MR) is 130 cm³/mol. The molecular weight excluding hydrogens is 432 g/mol. The fraction of sp³-hybridized carbons (Fsp3) is 0.400. The molecule has 0 spiro atoms. The SMILES string of the molecule is CC(C)CNc1n[nH]c2cc(O)c(C(=O)N3Cc4ccc(C(=O)N5CCNCC5)cc4C3)cc12. The Bertz CT molecular complexity index is 1240. The van der Waals surface area contributed by atoms with Gasteiger partial charge in [-0.25, -0.2) is 0 Å². The van der Waals surface area contributed by atoms with Crippen LogP contribution < -0.4 is 10.6 Å². The Morgan fingerprint density at radius 1 is 1.06 bits per heavy atom. The number of benzene rings is 2. The summed E-state index contributed by atoms with van der Waals surface area (Å²) in [5.74, 6) is 0.803. The Morgan fingerprint density at radius 2 is 1.82 bits per heavy atom. The minimum Gasteiger partial charge on any atom is -0.507 e. The summed E-state index contributed by atoms with van der Waals surface area (Å²) in [6, 6.07) is 8.93. The van der Waals surface area contributed by atoms with Gasteiger partial charge in [-0.15, -0.1) is 0 Å². The molecule has 1 saturated heterocycles. The molecule has 178 valence electrons. The van der Waals surface area contributed by atoms with Crippen molar-refractivity contribution >= 4 is 28.5 Å². The van der Waals surface area contributed by atoms with E-state index in [-0.39, 0.29) is 23.1 Å². The van der Waals surface area contributed by atoms with Gasteiger partial charge in [-0.05, 0) is 35.2 Å². The molecule has 3 heterocycles.